The summed E-state index contributed by atoms with van der Waals surface area (Å²) in [5.74, 6) is 0. The van der Waals surface area contributed by atoms with Gasteiger partial charge >= 0.3 is 6.03 Å². The minimum absolute atomic E-state index is 0.0117. The third kappa shape index (κ3) is 19.0. The second kappa shape index (κ2) is 19.1. The van der Waals surface area contributed by atoms with Crippen LogP contribution >= 0.6 is 0 Å². The first kappa shape index (κ1) is 23.8. The van der Waals surface area contributed by atoms with Crippen molar-refractivity contribution in [2.75, 3.05) is 6.54 Å². The number of amides is 2. The monoisotopic (exact) mass is 354 g/mol. The summed E-state index contributed by atoms with van der Waals surface area (Å²) in [5, 5.41) is 2.60. The van der Waals surface area contributed by atoms with Crippen LogP contribution in [0, 0.1) is 0 Å². The van der Waals surface area contributed by atoms with E-state index in [1.165, 1.54) is 89.7 Å². The number of nitrogens with two attached hydrogens (primary N) is 1. The van der Waals surface area contributed by atoms with Gasteiger partial charge in [-0.05, 0) is 12.8 Å². The highest BCUT2D eigenvalue weighted by Crippen LogP contribution is 2.14. The highest BCUT2D eigenvalue weighted by Gasteiger charge is 2.08. The van der Waals surface area contributed by atoms with Gasteiger partial charge in [-0.2, -0.15) is 0 Å². The van der Waals surface area contributed by atoms with E-state index in [0.717, 1.165) is 12.8 Å². The lowest BCUT2D eigenvalue weighted by Gasteiger charge is -2.16. The molecular formula is C21H42N2O2. The number of carbonyl (C=O) groups is 1. The van der Waals surface area contributed by atoms with Crippen LogP contribution in [0.25, 0.3) is 0 Å². The van der Waals surface area contributed by atoms with E-state index in [0.29, 0.717) is 6.54 Å². The predicted molar refractivity (Wildman–Crippen MR) is 108 cm³/mol. The van der Waals surface area contributed by atoms with E-state index in [2.05, 4.69) is 18.8 Å². The van der Waals surface area contributed by atoms with Crippen LogP contribution in [0.2, 0.25) is 0 Å². The smallest absolute Gasteiger partial charge is 0.312 e. The van der Waals surface area contributed by atoms with Crippen LogP contribution in [-0.2, 0) is 4.74 Å². The molecule has 0 radical (unpaired) electrons. The molecule has 0 aliphatic heterocycles. The van der Waals surface area contributed by atoms with Gasteiger partial charge in [0.15, 0.2) is 0 Å². The maximum Gasteiger partial charge on any atom is 0.312 e. The van der Waals surface area contributed by atoms with Crippen LogP contribution in [0.15, 0.2) is 12.8 Å². The van der Waals surface area contributed by atoms with Gasteiger partial charge in [0, 0.05) is 0 Å². The Hall–Kier alpha value is -1.19. The fourth-order valence-electron chi connectivity index (χ4n) is 3.14. The van der Waals surface area contributed by atoms with Gasteiger partial charge in [0.25, 0.3) is 0 Å². The SMILES string of the molecule is C=COC(CCCCCCCCCCCCCCCC)CNC(N)=O. The van der Waals surface area contributed by atoms with Crippen LogP contribution in [0.3, 0.4) is 0 Å². The van der Waals surface area contributed by atoms with E-state index >= 15 is 0 Å². The highest BCUT2D eigenvalue weighted by molar-refractivity contribution is 5.71. The van der Waals surface area contributed by atoms with Crippen LogP contribution in [0.4, 0.5) is 4.79 Å². The molecule has 25 heavy (non-hydrogen) atoms. The Labute approximate surface area is 156 Å². The number of unbranched alkanes of at least 4 members (excludes halogenated alkanes) is 13. The van der Waals surface area contributed by atoms with Crippen molar-refractivity contribution in [3.05, 3.63) is 12.8 Å². The summed E-state index contributed by atoms with van der Waals surface area (Å²) in [6, 6.07) is -0.501. The molecule has 0 saturated carbocycles. The van der Waals surface area contributed by atoms with Crippen LogP contribution in [0.5, 0.6) is 0 Å². The molecule has 1 atom stereocenters. The highest BCUT2D eigenvalue weighted by atomic mass is 16.5. The number of carbonyl (C=O) groups excluding carboxylic acids is 1. The number of hydrogen-bond acceptors (Lipinski definition) is 2. The van der Waals surface area contributed by atoms with Gasteiger partial charge in [0.2, 0.25) is 0 Å². The molecule has 0 aliphatic carbocycles. The molecule has 0 heterocycles. The average Bonchev–Trinajstić information content (AvgIpc) is 2.59. The first-order valence-corrected chi connectivity index (χ1v) is 10.5. The Morgan fingerprint density at radius 1 is 0.920 bits per heavy atom. The molecule has 0 aromatic carbocycles. The molecule has 3 N–H and O–H groups in total. The Balaban J connectivity index is 3.31. The predicted octanol–water partition coefficient (Wildman–Crippen LogP) is 6.05. The zero-order valence-electron chi connectivity index (χ0n) is 16.6. The normalized spacial score (nSPS) is 11.9. The maximum atomic E-state index is 10.7. The molecule has 0 aliphatic rings. The number of rotatable bonds is 19. The lowest BCUT2D eigenvalue weighted by Crippen LogP contribution is -2.36. The molecule has 0 fully saturated rings. The number of nitrogens with one attached hydrogen (secondary N) is 1. The van der Waals surface area contributed by atoms with E-state index in [1.54, 1.807) is 0 Å². The molecular weight excluding hydrogens is 312 g/mol. The van der Waals surface area contributed by atoms with Gasteiger partial charge in [0.05, 0.1) is 12.8 Å². The third-order valence-electron chi connectivity index (χ3n) is 4.67. The molecule has 0 saturated heterocycles. The largest absolute Gasteiger partial charge is 0.497 e. The molecule has 0 bridgehead atoms. The minimum Gasteiger partial charge on any atom is -0.497 e. The van der Waals surface area contributed by atoms with Gasteiger partial charge in [-0.3, -0.25) is 0 Å². The van der Waals surface area contributed by atoms with Crippen molar-refractivity contribution < 1.29 is 9.53 Å². The minimum atomic E-state index is -0.501. The van der Waals surface area contributed by atoms with Crippen molar-refractivity contribution in [1.82, 2.24) is 5.32 Å². The van der Waals surface area contributed by atoms with Crippen molar-refractivity contribution in [3.8, 4) is 0 Å². The maximum absolute atomic E-state index is 10.7. The Kier molecular flexibility index (Phi) is 18.2. The molecule has 4 nitrogen and oxygen atoms in total. The number of ether oxygens (including phenoxy) is 1. The molecule has 0 aromatic heterocycles. The van der Waals surface area contributed by atoms with Crippen LogP contribution in [-0.4, -0.2) is 18.7 Å². The number of hydrogen-bond donors (Lipinski definition) is 2. The lowest BCUT2D eigenvalue weighted by molar-refractivity contribution is 0.133. The lowest BCUT2D eigenvalue weighted by atomic mass is 10.0. The van der Waals surface area contributed by atoms with Gasteiger partial charge in [-0.15, -0.1) is 0 Å². The zero-order chi connectivity index (χ0) is 18.6. The number of primary amides is 1. The first-order chi connectivity index (χ1) is 12.2. The molecule has 148 valence electrons. The third-order valence-corrected chi connectivity index (χ3v) is 4.67. The quantitative estimate of drug-likeness (QED) is 0.219. The molecule has 2 amide bonds. The summed E-state index contributed by atoms with van der Waals surface area (Å²) in [7, 11) is 0. The molecule has 0 spiro atoms. The Bertz CT molecular complexity index is 308. The summed E-state index contributed by atoms with van der Waals surface area (Å²) < 4.78 is 5.40. The van der Waals surface area contributed by atoms with Crippen molar-refractivity contribution in [2.24, 2.45) is 5.73 Å². The van der Waals surface area contributed by atoms with Gasteiger partial charge in [-0.25, -0.2) is 4.79 Å². The van der Waals surface area contributed by atoms with Gasteiger partial charge in [-0.1, -0.05) is 97.0 Å². The number of urea groups is 1. The fourth-order valence-corrected chi connectivity index (χ4v) is 3.14. The molecule has 4 heteroatoms. The fraction of sp³-hybridized carbons (Fsp3) is 0.857. The Morgan fingerprint density at radius 3 is 1.76 bits per heavy atom. The summed E-state index contributed by atoms with van der Waals surface area (Å²) in [6.07, 6.45) is 21.4. The van der Waals surface area contributed by atoms with Crippen LogP contribution < -0.4 is 11.1 Å². The molecule has 0 aromatic rings. The molecule has 0 rings (SSSR count). The van der Waals surface area contributed by atoms with Gasteiger partial charge < -0.3 is 15.8 Å². The van der Waals surface area contributed by atoms with Crippen molar-refractivity contribution in [3.63, 3.8) is 0 Å². The van der Waals surface area contributed by atoms with Crippen molar-refractivity contribution in [2.45, 2.75) is 109 Å². The topological polar surface area (TPSA) is 64.3 Å². The summed E-state index contributed by atoms with van der Waals surface area (Å²) in [4.78, 5) is 10.7. The van der Waals surface area contributed by atoms with Crippen molar-refractivity contribution >= 4 is 6.03 Å². The van der Waals surface area contributed by atoms with Crippen molar-refractivity contribution in [1.29, 1.82) is 0 Å². The van der Waals surface area contributed by atoms with E-state index in [4.69, 9.17) is 10.5 Å². The Morgan fingerprint density at radius 2 is 1.36 bits per heavy atom. The van der Waals surface area contributed by atoms with Gasteiger partial charge in [0.1, 0.15) is 6.10 Å². The summed E-state index contributed by atoms with van der Waals surface area (Å²) in [5.41, 5.74) is 5.09. The van der Waals surface area contributed by atoms with E-state index in [1.807, 2.05) is 0 Å². The molecule has 1 unspecified atom stereocenters. The summed E-state index contributed by atoms with van der Waals surface area (Å²) in [6.45, 7) is 6.31. The summed E-state index contributed by atoms with van der Waals surface area (Å²) >= 11 is 0. The zero-order valence-corrected chi connectivity index (χ0v) is 16.6. The standard InChI is InChI=1S/C21H42N2O2/c1-3-5-6-7-8-9-10-11-12-13-14-15-16-17-18-20(25-4-2)19-23-21(22)24/h4,20H,2-3,5-19H2,1H3,(H3,22,23,24). The average molecular weight is 355 g/mol. The second-order valence-corrected chi connectivity index (χ2v) is 7.05. The first-order valence-electron chi connectivity index (χ1n) is 10.5. The van der Waals surface area contributed by atoms with E-state index in [9.17, 15) is 4.79 Å². The van der Waals surface area contributed by atoms with Crippen LogP contribution in [0.1, 0.15) is 103 Å². The van der Waals surface area contributed by atoms with E-state index < -0.39 is 6.03 Å². The second-order valence-electron chi connectivity index (χ2n) is 7.05. The van der Waals surface area contributed by atoms with E-state index in [-0.39, 0.29) is 6.10 Å².